The molecule has 2 heteroatoms. The highest BCUT2D eigenvalue weighted by atomic mass is 16.3. The summed E-state index contributed by atoms with van der Waals surface area (Å²) in [4.78, 5) is 0. The molecular weight excluding hydrogens is 162 g/mol. The molecule has 0 saturated carbocycles. The molecule has 68 valence electrons. The molecule has 0 aliphatic rings. The van der Waals surface area contributed by atoms with E-state index in [1.807, 2.05) is 25.1 Å². The third-order valence-corrected chi connectivity index (χ3v) is 2.10. The van der Waals surface area contributed by atoms with Crippen LogP contribution >= 0.6 is 0 Å². The van der Waals surface area contributed by atoms with Crippen molar-refractivity contribution in [2.45, 2.75) is 19.4 Å². The first kappa shape index (κ1) is 8.32. The zero-order chi connectivity index (χ0) is 9.26. The zero-order valence-corrected chi connectivity index (χ0v) is 7.66. The van der Waals surface area contributed by atoms with E-state index in [0.717, 1.165) is 17.6 Å². The van der Waals surface area contributed by atoms with Gasteiger partial charge in [0, 0.05) is 23.2 Å². The molecule has 0 saturated heterocycles. The lowest BCUT2D eigenvalue weighted by molar-refractivity contribution is 0.497. The average molecular weight is 175 g/mol. The predicted molar refractivity (Wildman–Crippen MR) is 53.6 cm³/mol. The quantitative estimate of drug-likeness (QED) is 0.760. The second kappa shape index (κ2) is 3.23. The summed E-state index contributed by atoms with van der Waals surface area (Å²) in [7, 11) is 0. The maximum Gasteiger partial charge on any atom is 0.113 e. The Bertz CT molecular complexity index is 403. The fraction of sp³-hybridized carbons (Fsp3) is 0.273. The molecule has 0 spiro atoms. The molecule has 0 aliphatic carbocycles. The van der Waals surface area contributed by atoms with Gasteiger partial charge in [-0.2, -0.15) is 0 Å². The van der Waals surface area contributed by atoms with Crippen LogP contribution in [0.25, 0.3) is 10.8 Å². The average Bonchev–Trinajstić information content (AvgIpc) is 2.48. The molecule has 1 heterocycles. The lowest BCUT2D eigenvalue weighted by Crippen LogP contribution is -2.17. The van der Waals surface area contributed by atoms with E-state index in [-0.39, 0.29) is 6.04 Å². The molecule has 0 radical (unpaired) electrons. The summed E-state index contributed by atoms with van der Waals surface area (Å²) >= 11 is 0. The Labute approximate surface area is 77.3 Å². The number of nitrogens with two attached hydrogens (primary N) is 1. The summed E-state index contributed by atoms with van der Waals surface area (Å²) in [5, 5.41) is 2.33. The highest BCUT2D eigenvalue weighted by molar-refractivity contribution is 5.83. The third-order valence-electron chi connectivity index (χ3n) is 2.10. The summed E-state index contributed by atoms with van der Waals surface area (Å²) in [6.45, 7) is 1.98. The summed E-state index contributed by atoms with van der Waals surface area (Å²) in [6, 6.07) is 8.28. The molecule has 2 rings (SSSR count). The van der Waals surface area contributed by atoms with E-state index in [9.17, 15) is 0 Å². The molecule has 13 heavy (non-hydrogen) atoms. The molecule has 2 aromatic rings. The predicted octanol–water partition coefficient (Wildman–Crippen LogP) is 2.32. The van der Waals surface area contributed by atoms with E-state index in [4.69, 9.17) is 10.2 Å². The van der Waals surface area contributed by atoms with Gasteiger partial charge in [-0.25, -0.2) is 0 Å². The first-order valence-corrected chi connectivity index (χ1v) is 4.48. The Balaban J connectivity index is 2.46. The molecule has 0 bridgehead atoms. The van der Waals surface area contributed by atoms with Gasteiger partial charge in [-0.3, -0.25) is 0 Å². The minimum atomic E-state index is 0.148. The van der Waals surface area contributed by atoms with Gasteiger partial charge >= 0.3 is 0 Å². The van der Waals surface area contributed by atoms with Crippen LogP contribution in [0, 0.1) is 0 Å². The van der Waals surface area contributed by atoms with Crippen LogP contribution < -0.4 is 5.73 Å². The topological polar surface area (TPSA) is 39.2 Å². The monoisotopic (exact) mass is 175 g/mol. The molecular formula is C11H13NO. The van der Waals surface area contributed by atoms with Crippen LogP contribution in [0.15, 0.2) is 34.9 Å². The van der Waals surface area contributed by atoms with E-state index in [1.165, 1.54) is 5.39 Å². The van der Waals surface area contributed by atoms with Crippen molar-refractivity contribution in [2.24, 2.45) is 5.73 Å². The smallest absolute Gasteiger partial charge is 0.113 e. The van der Waals surface area contributed by atoms with Crippen molar-refractivity contribution in [3.8, 4) is 0 Å². The fourth-order valence-electron chi connectivity index (χ4n) is 1.50. The molecule has 1 atom stereocenters. The summed E-state index contributed by atoms with van der Waals surface area (Å²) in [5.41, 5.74) is 5.71. The van der Waals surface area contributed by atoms with Crippen LogP contribution in [0.5, 0.6) is 0 Å². The first-order valence-electron chi connectivity index (χ1n) is 4.48. The van der Waals surface area contributed by atoms with Crippen LogP contribution in [-0.2, 0) is 6.42 Å². The van der Waals surface area contributed by atoms with E-state index in [2.05, 4.69) is 6.07 Å². The highest BCUT2D eigenvalue weighted by Crippen LogP contribution is 2.21. The number of rotatable bonds is 2. The lowest BCUT2D eigenvalue weighted by Gasteiger charge is -2.01. The number of hydrogen-bond donors (Lipinski definition) is 1. The minimum absolute atomic E-state index is 0.148. The van der Waals surface area contributed by atoms with E-state index in [0.29, 0.717) is 0 Å². The van der Waals surface area contributed by atoms with Crippen molar-refractivity contribution in [1.29, 1.82) is 0 Å². The maximum atomic E-state index is 5.71. The van der Waals surface area contributed by atoms with Gasteiger partial charge in [-0.1, -0.05) is 24.3 Å². The molecule has 2 nitrogen and oxygen atoms in total. The molecule has 0 fully saturated rings. The van der Waals surface area contributed by atoms with Crippen LogP contribution in [-0.4, -0.2) is 6.04 Å². The van der Waals surface area contributed by atoms with E-state index >= 15 is 0 Å². The van der Waals surface area contributed by atoms with Gasteiger partial charge in [0.25, 0.3) is 0 Å². The Kier molecular flexibility index (Phi) is 2.07. The first-order chi connectivity index (χ1) is 6.27. The highest BCUT2D eigenvalue weighted by Gasteiger charge is 2.06. The van der Waals surface area contributed by atoms with Crippen LogP contribution in [0.3, 0.4) is 0 Å². The van der Waals surface area contributed by atoms with Gasteiger partial charge in [0.1, 0.15) is 5.76 Å². The number of fused-ring (bicyclic) bond motifs is 1. The molecule has 1 aromatic heterocycles. The minimum Gasteiger partial charge on any atom is -0.468 e. The van der Waals surface area contributed by atoms with Crippen molar-refractivity contribution >= 4 is 10.8 Å². The van der Waals surface area contributed by atoms with Gasteiger partial charge in [-0.15, -0.1) is 0 Å². The number of hydrogen-bond acceptors (Lipinski definition) is 2. The van der Waals surface area contributed by atoms with E-state index < -0.39 is 0 Å². The SMILES string of the molecule is CC(N)Cc1occ2ccccc12. The van der Waals surface area contributed by atoms with Crippen molar-refractivity contribution in [3.05, 3.63) is 36.3 Å². The van der Waals surface area contributed by atoms with Gasteiger partial charge in [0.05, 0.1) is 6.26 Å². The van der Waals surface area contributed by atoms with Gasteiger partial charge in [0.2, 0.25) is 0 Å². The van der Waals surface area contributed by atoms with Crippen LogP contribution in [0.2, 0.25) is 0 Å². The second-order valence-corrected chi connectivity index (χ2v) is 3.43. The number of furan rings is 1. The van der Waals surface area contributed by atoms with Crippen molar-refractivity contribution < 1.29 is 4.42 Å². The molecule has 2 N–H and O–H groups in total. The van der Waals surface area contributed by atoms with Gasteiger partial charge < -0.3 is 10.2 Å². The second-order valence-electron chi connectivity index (χ2n) is 3.43. The Morgan fingerprint density at radius 3 is 2.92 bits per heavy atom. The molecule has 0 aliphatic heterocycles. The van der Waals surface area contributed by atoms with Gasteiger partial charge in [-0.05, 0) is 6.92 Å². The van der Waals surface area contributed by atoms with Crippen molar-refractivity contribution in [3.63, 3.8) is 0 Å². The van der Waals surface area contributed by atoms with Crippen molar-refractivity contribution in [2.75, 3.05) is 0 Å². The zero-order valence-electron chi connectivity index (χ0n) is 7.66. The number of benzene rings is 1. The van der Waals surface area contributed by atoms with Crippen molar-refractivity contribution in [1.82, 2.24) is 0 Å². The Morgan fingerprint density at radius 2 is 2.15 bits per heavy atom. The molecule has 1 aromatic carbocycles. The van der Waals surface area contributed by atoms with Crippen LogP contribution in [0.1, 0.15) is 12.7 Å². The van der Waals surface area contributed by atoms with Gasteiger partial charge in [0.15, 0.2) is 0 Å². The lowest BCUT2D eigenvalue weighted by atomic mass is 10.1. The maximum absolute atomic E-state index is 5.71. The largest absolute Gasteiger partial charge is 0.468 e. The van der Waals surface area contributed by atoms with E-state index in [1.54, 1.807) is 6.26 Å². The Morgan fingerprint density at radius 1 is 1.38 bits per heavy atom. The third kappa shape index (κ3) is 1.58. The summed E-state index contributed by atoms with van der Waals surface area (Å²) in [5.74, 6) is 0.991. The normalized spacial score (nSPS) is 13.4. The Hall–Kier alpha value is -1.28. The van der Waals surface area contributed by atoms with Crippen LogP contribution in [0.4, 0.5) is 0 Å². The fourth-order valence-corrected chi connectivity index (χ4v) is 1.50. The molecule has 1 unspecified atom stereocenters. The summed E-state index contributed by atoms with van der Waals surface area (Å²) < 4.78 is 5.45. The summed E-state index contributed by atoms with van der Waals surface area (Å²) in [6.07, 6.45) is 2.58. The molecule has 0 amide bonds. The standard InChI is InChI=1S/C11H13NO/c1-8(12)6-11-10-5-3-2-4-9(10)7-13-11/h2-5,7-8H,6,12H2,1H3.